The molecule has 0 saturated heterocycles. The van der Waals surface area contributed by atoms with Crippen LogP contribution in [0, 0.1) is 5.92 Å². The van der Waals surface area contributed by atoms with Crippen LogP contribution in [0.15, 0.2) is 30.7 Å². The molecule has 2 aromatic heterocycles. The summed E-state index contributed by atoms with van der Waals surface area (Å²) in [5.74, 6) is 0.977. The molecule has 1 aliphatic heterocycles. The molecule has 0 saturated carbocycles. The van der Waals surface area contributed by atoms with Gasteiger partial charge in [-0.2, -0.15) is 5.10 Å². The Morgan fingerprint density at radius 1 is 1.29 bits per heavy atom. The molecule has 1 amide bonds. The van der Waals surface area contributed by atoms with Gasteiger partial charge in [0.1, 0.15) is 0 Å². The lowest BCUT2D eigenvalue weighted by atomic mass is 10.1. The fourth-order valence-corrected chi connectivity index (χ4v) is 2.85. The van der Waals surface area contributed by atoms with E-state index >= 15 is 0 Å². The third-order valence-electron chi connectivity index (χ3n) is 3.99. The molecule has 0 fully saturated rings. The molecular weight excluding hydrogens is 306 g/mol. The number of anilines is 1. The third kappa shape index (κ3) is 4.08. The third-order valence-corrected chi connectivity index (χ3v) is 3.99. The summed E-state index contributed by atoms with van der Waals surface area (Å²) < 4.78 is 1.99. The Hall–Kier alpha value is -2.48. The van der Waals surface area contributed by atoms with Crippen LogP contribution in [-0.2, 0) is 17.9 Å². The van der Waals surface area contributed by atoms with E-state index in [9.17, 15) is 4.79 Å². The summed E-state index contributed by atoms with van der Waals surface area (Å²) >= 11 is 0. The topological polar surface area (TPSA) is 79.2 Å². The van der Waals surface area contributed by atoms with Crippen LogP contribution in [0.25, 0.3) is 0 Å². The lowest BCUT2D eigenvalue weighted by Gasteiger charge is -2.25. The van der Waals surface area contributed by atoms with Gasteiger partial charge in [0, 0.05) is 44.1 Å². The van der Waals surface area contributed by atoms with Gasteiger partial charge in [0.25, 0.3) is 0 Å². The van der Waals surface area contributed by atoms with Gasteiger partial charge in [0.2, 0.25) is 11.9 Å². The normalized spacial score (nSPS) is 17.5. The molecule has 3 rings (SSSR count). The summed E-state index contributed by atoms with van der Waals surface area (Å²) in [6.45, 7) is 3.17. The van der Waals surface area contributed by atoms with Crippen LogP contribution in [0.5, 0.6) is 0 Å². The number of nitrogens with zero attached hydrogens (tertiary/aromatic N) is 6. The number of fused-ring (bicyclic) bond motifs is 1. The van der Waals surface area contributed by atoms with E-state index in [0.29, 0.717) is 32.1 Å². The Bertz CT molecular complexity index is 670. The molecule has 0 aromatic carbocycles. The molecule has 2 aromatic rings. The first-order valence-electron chi connectivity index (χ1n) is 8.06. The predicted octanol–water partition coefficient (Wildman–Crippen LogP) is 0.305. The highest BCUT2D eigenvalue weighted by atomic mass is 16.2. The monoisotopic (exact) mass is 329 g/mol. The van der Waals surface area contributed by atoms with Crippen LogP contribution < -0.4 is 5.32 Å². The lowest BCUT2D eigenvalue weighted by molar-refractivity contribution is -0.132. The van der Waals surface area contributed by atoms with Gasteiger partial charge < -0.3 is 15.1 Å². The zero-order chi connectivity index (χ0) is 16.9. The van der Waals surface area contributed by atoms with E-state index in [4.69, 9.17) is 0 Å². The minimum absolute atomic E-state index is 0.135. The van der Waals surface area contributed by atoms with Gasteiger partial charge in [-0.15, -0.1) is 0 Å². The second kappa shape index (κ2) is 7.39. The van der Waals surface area contributed by atoms with Crippen LogP contribution in [0.2, 0.25) is 0 Å². The Kier molecular flexibility index (Phi) is 5.05. The first-order valence-corrected chi connectivity index (χ1v) is 8.06. The predicted molar refractivity (Wildman–Crippen MR) is 90.2 cm³/mol. The molecular formula is C16H23N7O. The van der Waals surface area contributed by atoms with E-state index < -0.39 is 0 Å². The summed E-state index contributed by atoms with van der Waals surface area (Å²) in [4.78, 5) is 24.7. The highest BCUT2D eigenvalue weighted by Gasteiger charge is 2.25. The number of likely N-dealkylation sites (N-methyl/N-ethyl adjacent to an activating group) is 1. The van der Waals surface area contributed by atoms with E-state index in [1.807, 2.05) is 34.6 Å². The standard InChI is InChI=1S/C16H23N7O/c1-21(2)12-15(24)22-9-13(8-19-16-17-5-3-6-18-16)10-23-14(11-22)4-7-20-23/h3-7,13H,8-12H2,1-2H3,(H,17,18,19). The van der Waals surface area contributed by atoms with Gasteiger partial charge in [0.15, 0.2) is 0 Å². The van der Waals surface area contributed by atoms with Crippen molar-refractivity contribution in [1.29, 1.82) is 0 Å². The van der Waals surface area contributed by atoms with Crippen molar-refractivity contribution in [3.05, 3.63) is 36.4 Å². The smallest absolute Gasteiger partial charge is 0.237 e. The Morgan fingerprint density at radius 2 is 2.08 bits per heavy atom. The summed E-state index contributed by atoms with van der Waals surface area (Å²) in [5.41, 5.74) is 1.07. The van der Waals surface area contributed by atoms with Gasteiger partial charge in [-0.1, -0.05) is 0 Å². The van der Waals surface area contributed by atoms with Crippen LogP contribution in [-0.4, -0.2) is 69.2 Å². The van der Waals surface area contributed by atoms with Crippen LogP contribution in [0.3, 0.4) is 0 Å². The molecule has 3 heterocycles. The molecule has 1 atom stereocenters. The fourth-order valence-electron chi connectivity index (χ4n) is 2.85. The number of amides is 1. The molecule has 0 aliphatic carbocycles. The molecule has 1 N–H and O–H groups in total. The van der Waals surface area contributed by atoms with Crippen molar-refractivity contribution in [1.82, 2.24) is 29.5 Å². The maximum Gasteiger partial charge on any atom is 0.237 e. The molecule has 128 valence electrons. The average molecular weight is 329 g/mol. The molecule has 1 aliphatic rings. The van der Waals surface area contributed by atoms with Crippen LogP contribution in [0.1, 0.15) is 5.69 Å². The molecule has 0 bridgehead atoms. The summed E-state index contributed by atoms with van der Waals surface area (Å²) in [6, 6.07) is 3.76. The number of carbonyl (C=O) groups excluding carboxylic acids is 1. The molecule has 8 nitrogen and oxygen atoms in total. The second-order valence-corrected chi connectivity index (χ2v) is 6.34. The highest BCUT2D eigenvalue weighted by Crippen LogP contribution is 2.16. The maximum absolute atomic E-state index is 12.5. The van der Waals surface area contributed by atoms with Crippen molar-refractivity contribution >= 4 is 11.9 Å². The van der Waals surface area contributed by atoms with E-state index in [0.717, 1.165) is 12.2 Å². The second-order valence-electron chi connectivity index (χ2n) is 6.34. The molecule has 0 spiro atoms. The van der Waals surface area contributed by atoms with Gasteiger partial charge in [-0.3, -0.25) is 9.48 Å². The Morgan fingerprint density at radius 3 is 2.83 bits per heavy atom. The number of carbonyl (C=O) groups is 1. The molecule has 1 unspecified atom stereocenters. The Labute approximate surface area is 141 Å². The first kappa shape index (κ1) is 16.4. The Balaban J connectivity index is 1.70. The summed E-state index contributed by atoms with van der Waals surface area (Å²) in [5, 5.41) is 7.64. The quantitative estimate of drug-likeness (QED) is 0.850. The number of aromatic nitrogens is 4. The molecule has 0 radical (unpaired) electrons. The van der Waals surface area contributed by atoms with Crippen molar-refractivity contribution in [3.8, 4) is 0 Å². The van der Waals surface area contributed by atoms with Crippen LogP contribution in [0.4, 0.5) is 5.95 Å². The largest absolute Gasteiger partial charge is 0.354 e. The van der Waals surface area contributed by atoms with Gasteiger partial charge in [0.05, 0.1) is 18.8 Å². The zero-order valence-electron chi connectivity index (χ0n) is 14.1. The van der Waals surface area contributed by atoms with Crippen molar-refractivity contribution < 1.29 is 4.79 Å². The number of hydrogen-bond donors (Lipinski definition) is 1. The minimum Gasteiger partial charge on any atom is -0.354 e. The van der Waals surface area contributed by atoms with Gasteiger partial charge in [-0.25, -0.2) is 9.97 Å². The van der Waals surface area contributed by atoms with E-state index in [2.05, 4.69) is 20.4 Å². The van der Waals surface area contributed by atoms with Crippen molar-refractivity contribution in [3.63, 3.8) is 0 Å². The number of rotatable bonds is 5. The van der Waals surface area contributed by atoms with Crippen molar-refractivity contribution in [2.75, 3.05) is 39.0 Å². The SMILES string of the molecule is CN(C)CC(=O)N1Cc2ccnn2CC(CNc2ncccn2)C1. The van der Waals surface area contributed by atoms with Gasteiger partial charge in [-0.05, 0) is 26.2 Å². The highest BCUT2D eigenvalue weighted by molar-refractivity contribution is 5.78. The van der Waals surface area contributed by atoms with E-state index in [1.165, 1.54) is 0 Å². The fraction of sp³-hybridized carbons (Fsp3) is 0.500. The van der Waals surface area contributed by atoms with Crippen LogP contribution >= 0.6 is 0 Å². The van der Waals surface area contributed by atoms with Crippen molar-refractivity contribution in [2.24, 2.45) is 5.92 Å². The molecule has 24 heavy (non-hydrogen) atoms. The van der Waals surface area contributed by atoms with Gasteiger partial charge >= 0.3 is 0 Å². The number of nitrogens with one attached hydrogen (secondary N) is 1. The summed E-state index contributed by atoms with van der Waals surface area (Å²) in [6.07, 6.45) is 5.21. The summed E-state index contributed by atoms with van der Waals surface area (Å²) in [7, 11) is 3.82. The van der Waals surface area contributed by atoms with E-state index in [1.54, 1.807) is 24.7 Å². The van der Waals surface area contributed by atoms with E-state index in [-0.39, 0.29) is 11.8 Å². The number of hydrogen-bond acceptors (Lipinski definition) is 6. The molecule has 8 heteroatoms. The zero-order valence-corrected chi connectivity index (χ0v) is 14.1. The lowest BCUT2D eigenvalue weighted by Crippen LogP contribution is -2.40. The average Bonchev–Trinajstić information content (AvgIpc) is 2.91. The van der Waals surface area contributed by atoms with Crippen molar-refractivity contribution in [2.45, 2.75) is 13.1 Å². The minimum atomic E-state index is 0.135. The maximum atomic E-state index is 12.5. The first-order chi connectivity index (χ1) is 11.6.